The molecule has 0 aliphatic carbocycles. The van der Waals surface area contributed by atoms with Crippen LogP contribution in [-0.4, -0.2) is 31.2 Å². The van der Waals surface area contributed by atoms with Gasteiger partial charge in [-0.25, -0.2) is 4.79 Å². The second kappa shape index (κ2) is 7.36. The molecule has 0 aliphatic heterocycles. The van der Waals surface area contributed by atoms with E-state index < -0.39 is 11.4 Å². The largest absolute Gasteiger partial charge is 0.505 e. The zero-order valence-electron chi connectivity index (χ0n) is 19.7. The van der Waals surface area contributed by atoms with E-state index >= 15 is 0 Å². The molecule has 0 aliphatic rings. The van der Waals surface area contributed by atoms with Crippen LogP contribution in [0, 0.1) is 5.41 Å². The van der Waals surface area contributed by atoms with Crippen molar-refractivity contribution in [3.8, 4) is 11.4 Å². The summed E-state index contributed by atoms with van der Waals surface area (Å²) in [6, 6.07) is 8.86. The van der Waals surface area contributed by atoms with Crippen LogP contribution < -0.4 is 0 Å². The fourth-order valence-corrected chi connectivity index (χ4v) is 4.48. The third kappa shape index (κ3) is 4.58. The molecule has 2 aromatic carbocycles. The molecule has 0 bridgehead atoms. The minimum atomic E-state index is -1.06. The first kappa shape index (κ1) is 22.8. The lowest BCUT2D eigenvalue weighted by Crippen LogP contribution is -2.25. The number of nitrogens with zero attached hydrogens (tertiary/aromatic N) is 3. The van der Waals surface area contributed by atoms with Gasteiger partial charge in [-0.3, -0.25) is 0 Å². The summed E-state index contributed by atoms with van der Waals surface area (Å²) < 4.78 is 0. The van der Waals surface area contributed by atoms with Crippen LogP contribution in [0.2, 0.25) is 0 Å². The molecule has 1 heterocycles. The first-order valence-corrected chi connectivity index (χ1v) is 10.6. The molecule has 0 spiro atoms. The number of rotatable bonds is 4. The highest BCUT2D eigenvalue weighted by Crippen LogP contribution is 2.40. The fourth-order valence-electron chi connectivity index (χ4n) is 4.48. The zero-order chi connectivity index (χ0) is 23.4. The molecule has 0 fully saturated rings. The number of aromatic nitrogens is 3. The molecule has 2 N–H and O–H groups in total. The molecule has 0 saturated heterocycles. The Morgan fingerprint density at radius 1 is 0.968 bits per heavy atom. The molecule has 0 atom stereocenters. The summed E-state index contributed by atoms with van der Waals surface area (Å²) in [7, 11) is 0. The van der Waals surface area contributed by atoms with Gasteiger partial charge in [0.15, 0.2) is 0 Å². The van der Waals surface area contributed by atoms with Gasteiger partial charge in [-0.05, 0) is 46.4 Å². The third-order valence-corrected chi connectivity index (χ3v) is 5.47. The van der Waals surface area contributed by atoms with Crippen LogP contribution in [0.1, 0.15) is 83.3 Å². The normalized spacial score (nSPS) is 13.0. The summed E-state index contributed by atoms with van der Waals surface area (Å²) >= 11 is 0. The van der Waals surface area contributed by atoms with E-state index in [-0.39, 0.29) is 27.8 Å². The standard InChI is InChI=1S/C25H33N3O3/c1-23(2,3)14-25(7,8)16-10-9-11-18-20(16)27-28(26-18)19-13-15(22(30)31)12-17(21(19)29)24(4,5)6/h9-13,29H,14H2,1-8H3,(H,30,31). The number of carboxylic acid groups (broad SMARTS) is 1. The third-order valence-electron chi connectivity index (χ3n) is 5.47. The fraction of sp³-hybridized carbons (Fsp3) is 0.480. The van der Waals surface area contributed by atoms with Gasteiger partial charge in [0.1, 0.15) is 22.5 Å². The van der Waals surface area contributed by atoms with E-state index in [2.05, 4.69) is 45.8 Å². The Kier molecular flexibility index (Phi) is 5.41. The molecular formula is C25H33N3O3. The molecule has 1 aromatic heterocycles. The van der Waals surface area contributed by atoms with Crippen LogP contribution in [0.4, 0.5) is 0 Å². The highest BCUT2D eigenvalue weighted by molar-refractivity contribution is 5.89. The molecule has 6 nitrogen and oxygen atoms in total. The van der Waals surface area contributed by atoms with Crippen molar-refractivity contribution in [1.82, 2.24) is 15.0 Å². The van der Waals surface area contributed by atoms with Crippen LogP contribution >= 0.6 is 0 Å². The number of carboxylic acids is 1. The molecule has 3 rings (SSSR count). The second-order valence-corrected chi connectivity index (χ2v) is 11.2. The van der Waals surface area contributed by atoms with Crippen molar-refractivity contribution in [2.75, 3.05) is 0 Å². The maximum absolute atomic E-state index is 11.7. The van der Waals surface area contributed by atoms with E-state index in [4.69, 9.17) is 5.10 Å². The number of aromatic carboxylic acids is 1. The topological polar surface area (TPSA) is 88.2 Å². The van der Waals surface area contributed by atoms with Crippen molar-refractivity contribution < 1.29 is 15.0 Å². The number of fused-ring (bicyclic) bond motifs is 1. The van der Waals surface area contributed by atoms with Crippen molar-refractivity contribution in [1.29, 1.82) is 0 Å². The minimum Gasteiger partial charge on any atom is -0.505 e. The van der Waals surface area contributed by atoms with E-state index in [9.17, 15) is 15.0 Å². The number of hydrogen-bond acceptors (Lipinski definition) is 4. The van der Waals surface area contributed by atoms with Gasteiger partial charge in [-0.2, -0.15) is 0 Å². The predicted molar refractivity (Wildman–Crippen MR) is 123 cm³/mol. The average Bonchev–Trinajstić information content (AvgIpc) is 3.02. The van der Waals surface area contributed by atoms with Gasteiger partial charge in [0.2, 0.25) is 0 Å². The van der Waals surface area contributed by atoms with Crippen molar-refractivity contribution in [2.45, 2.75) is 72.6 Å². The number of phenolic OH excluding ortho intramolecular Hbond substituents is 1. The monoisotopic (exact) mass is 423 g/mol. The Morgan fingerprint density at radius 3 is 2.16 bits per heavy atom. The molecule has 6 heteroatoms. The Morgan fingerprint density at radius 2 is 1.61 bits per heavy atom. The van der Waals surface area contributed by atoms with E-state index in [1.54, 1.807) is 0 Å². The summed E-state index contributed by atoms with van der Waals surface area (Å²) in [5.74, 6) is -1.07. The molecule has 0 radical (unpaired) electrons. The molecule has 3 aromatic rings. The van der Waals surface area contributed by atoms with Crippen LogP contribution in [0.3, 0.4) is 0 Å². The SMILES string of the molecule is CC(C)(C)CC(C)(C)c1cccc2nn(-c3cc(C(=O)O)cc(C(C)(C)C)c3O)nc12. The molecular weight excluding hydrogens is 390 g/mol. The Hall–Kier alpha value is -2.89. The maximum Gasteiger partial charge on any atom is 0.335 e. The van der Waals surface area contributed by atoms with Crippen LogP contribution in [-0.2, 0) is 10.8 Å². The predicted octanol–water partition coefficient (Wildman–Crippen LogP) is 5.84. The zero-order valence-corrected chi connectivity index (χ0v) is 19.7. The van der Waals surface area contributed by atoms with Crippen LogP contribution in [0.5, 0.6) is 5.75 Å². The van der Waals surface area contributed by atoms with Crippen molar-refractivity contribution >= 4 is 17.0 Å². The molecule has 0 unspecified atom stereocenters. The quantitative estimate of drug-likeness (QED) is 0.551. The van der Waals surface area contributed by atoms with Gasteiger partial charge >= 0.3 is 5.97 Å². The Labute approximate surface area is 183 Å². The van der Waals surface area contributed by atoms with Gasteiger partial charge in [0, 0.05) is 5.56 Å². The summed E-state index contributed by atoms with van der Waals surface area (Å²) in [5, 5.41) is 29.9. The van der Waals surface area contributed by atoms with Gasteiger partial charge in [0.25, 0.3) is 0 Å². The second-order valence-electron chi connectivity index (χ2n) is 11.2. The molecule has 166 valence electrons. The number of phenols is 1. The molecule has 31 heavy (non-hydrogen) atoms. The van der Waals surface area contributed by atoms with E-state index in [1.165, 1.54) is 16.9 Å². The highest BCUT2D eigenvalue weighted by atomic mass is 16.4. The number of carbonyl (C=O) groups is 1. The number of hydrogen-bond donors (Lipinski definition) is 2. The summed E-state index contributed by atoms with van der Waals surface area (Å²) in [5.41, 5.74) is 2.99. The highest BCUT2D eigenvalue weighted by Gasteiger charge is 2.30. The first-order chi connectivity index (χ1) is 14.1. The molecule has 0 amide bonds. The van der Waals surface area contributed by atoms with Gasteiger partial charge in [-0.1, -0.05) is 67.5 Å². The van der Waals surface area contributed by atoms with Gasteiger partial charge < -0.3 is 10.2 Å². The first-order valence-electron chi connectivity index (χ1n) is 10.6. The Bertz CT molecular complexity index is 1150. The lowest BCUT2D eigenvalue weighted by molar-refractivity contribution is 0.0696. The van der Waals surface area contributed by atoms with E-state index in [0.717, 1.165) is 17.5 Å². The van der Waals surface area contributed by atoms with Gasteiger partial charge in [0.05, 0.1) is 5.56 Å². The lowest BCUT2D eigenvalue weighted by atomic mass is 9.72. The maximum atomic E-state index is 11.7. The van der Waals surface area contributed by atoms with Crippen molar-refractivity contribution in [3.63, 3.8) is 0 Å². The Balaban J connectivity index is 2.24. The average molecular weight is 424 g/mol. The van der Waals surface area contributed by atoms with E-state index in [1.807, 2.05) is 32.9 Å². The molecule has 0 saturated carbocycles. The smallest absolute Gasteiger partial charge is 0.335 e. The minimum absolute atomic E-state index is 0.00620. The summed E-state index contributed by atoms with van der Waals surface area (Å²) in [6.45, 7) is 16.8. The summed E-state index contributed by atoms with van der Waals surface area (Å²) in [4.78, 5) is 13.1. The lowest BCUT2D eigenvalue weighted by Gasteiger charge is -2.32. The van der Waals surface area contributed by atoms with Crippen molar-refractivity contribution in [3.05, 3.63) is 47.0 Å². The van der Waals surface area contributed by atoms with Crippen LogP contribution in [0.15, 0.2) is 30.3 Å². The number of aromatic hydroxyl groups is 1. The van der Waals surface area contributed by atoms with Crippen LogP contribution in [0.25, 0.3) is 16.7 Å². The van der Waals surface area contributed by atoms with Crippen molar-refractivity contribution in [2.24, 2.45) is 5.41 Å². The summed E-state index contributed by atoms with van der Waals surface area (Å²) in [6.07, 6.45) is 0.958. The van der Waals surface area contributed by atoms with E-state index in [0.29, 0.717) is 11.1 Å². The number of benzene rings is 2. The van der Waals surface area contributed by atoms with Gasteiger partial charge in [-0.15, -0.1) is 15.0 Å².